The van der Waals surface area contributed by atoms with Gasteiger partial charge >= 0.3 is 5.97 Å². The van der Waals surface area contributed by atoms with Gasteiger partial charge in [-0.25, -0.2) is 18.3 Å². The molecule has 1 aromatic heterocycles. The summed E-state index contributed by atoms with van der Waals surface area (Å²) in [6.45, 7) is 4.22. The van der Waals surface area contributed by atoms with Crippen LogP contribution in [0.3, 0.4) is 0 Å². The third-order valence-corrected chi connectivity index (χ3v) is 16.7. The van der Waals surface area contributed by atoms with Gasteiger partial charge in [-0.05, 0) is 87.1 Å². The third kappa shape index (κ3) is 13.2. The number of benzene rings is 2. The Morgan fingerprint density at radius 3 is 2.15 bits per heavy atom. The Morgan fingerprint density at radius 2 is 1.48 bits per heavy atom. The van der Waals surface area contributed by atoms with Gasteiger partial charge in [0.15, 0.2) is 36.6 Å². The van der Waals surface area contributed by atoms with Crippen molar-refractivity contribution in [3.8, 4) is 11.3 Å². The topological polar surface area (TPSA) is 304 Å². The van der Waals surface area contributed by atoms with Crippen LogP contribution in [0.15, 0.2) is 48.7 Å². The number of aryl methyl sites for hydroxylation is 1. The van der Waals surface area contributed by atoms with Gasteiger partial charge in [-0.15, -0.1) is 5.10 Å². The molecule has 4 saturated heterocycles. The van der Waals surface area contributed by atoms with Crippen molar-refractivity contribution < 1.29 is 97.1 Å². The highest BCUT2D eigenvalue weighted by atomic mass is 19.2. The number of aromatic nitrogens is 3. The first-order valence-corrected chi connectivity index (χ1v) is 27.7. The Morgan fingerprint density at radius 1 is 0.772 bits per heavy atom. The molecular formula is C55H76F2N4O18. The first-order valence-electron chi connectivity index (χ1n) is 27.7. The second-order valence-corrected chi connectivity index (χ2v) is 22.1. The monoisotopic (exact) mass is 1120 g/mol. The summed E-state index contributed by atoms with van der Waals surface area (Å²) < 4.78 is 80.9. The molecular weight excluding hydrogens is 1040 g/mol. The van der Waals surface area contributed by atoms with Crippen molar-refractivity contribution in [1.82, 2.24) is 19.9 Å². The molecule has 20 atom stereocenters. The number of amides is 1. The Balaban J connectivity index is 1.02. The number of carbonyl (C=O) groups is 2. The van der Waals surface area contributed by atoms with Gasteiger partial charge < -0.3 is 83.6 Å². The second kappa shape index (κ2) is 26.4. The van der Waals surface area contributed by atoms with E-state index >= 15 is 0 Å². The molecule has 79 heavy (non-hydrogen) atoms. The standard InChI is InChI=1S/C55H76F2N4O18/c1-4-31-19-30(26-72-53-45(67)41(43(65)38(24-62)76-53)61-23-35(58-59-61)33-18-27(2)40(57)34(56)22-33)21-36(48(31)79-54-47(69)46(68)42(64)28(3)73-54)75-55-50(78-52(71)32-14-9-6-10-15-32)49(44(66)39(25-63)77-55)74-37(51(70)60-16-11-17-60)20-29-12-7-5-8-13-29/h6,9-10,14-15,18,22-23,28-31,36-39,41-50,53-55,62-69H,4-5,7-8,11-13,16-17,19-21,24-26H2,1-3H3/t28?,30?,31?,36-,37+,38?,39+,41?,42-,43-,44+,45?,46+,47?,48-,49?,50?,53+,54+,55-/m1/s1. The summed E-state index contributed by atoms with van der Waals surface area (Å²) in [5, 5.41) is 97.4. The maximum atomic E-state index is 14.4. The van der Waals surface area contributed by atoms with Crippen molar-refractivity contribution >= 4 is 11.9 Å². The Hall–Kier alpha value is -4.22. The molecule has 3 aromatic rings. The SMILES string of the molecule is CCC1CC(CO[C@H]2OC(CO)[C@@H](O)C(n3cc(-c4cc(C)c(F)c(F)c4)nn3)C2O)C[C@@H](O[C@@H]2O[C@@H](CO)[C@H](O)C(O[C@@H](CC3CCCCC3)C(=O)N3CCC3)C2OC(=O)c2ccccc2)[C@@H]1O[C@@H]1OC(C)[C@@H](O)[C@H](O)C1O. The lowest BCUT2D eigenvalue weighted by molar-refractivity contribution is -0.351. The summed E-state index contributed by atoms with van der Waals surface area (Å²) in [4.78, 5) is 30.1. The molecule has 2 aromatic carbocycles. The zero-order valence-electron chi connectivity index (χ0n) is 44.6. The van der Waals surface area contributed by atoms with Gasteiger partial charge in [-0.3, -0.25) is 4.79 Å². The number of esters is 1. The van der Waals surface area contributed by atoms with E-state index in [0.29, 0.717) is 32.4 Å². The molecule has 6 fully saturated rings. The van der Waals surface area contributed by atoms with Gasteiger partial charge in [0.2, 0.25) is 0 Å². The smallest absolute Gasteiger partial charge is 0.338 e. The van der Waals surface area contributed by atoms with Gasteiger partial charge in [0, 0.05) is 18.7 Å². The van der Waals surface area contributed by atoms with Gasteiger partial charge in [-0.2, -0.15) is 0 Å². The molecule has 0 radical (unpaired) electrons. The minimum absolute atomic E-state index is 0.0176. The van der Waals surface area contributed by atoms with Crippen LogP contribution in [-0.2, 0) is 42.7 Å². The first-order chi connectivity index (χ1) is 38.0. The van der Waals surface area contributed by atoms with Crippen LogP contribution in [0.1, 0.15) is 100 Å². The van der Waals surface area contributed by atoms with Crippen LogP contribution in [0.25, 0.3) is 11.3 Å². The molecule has 2 aliphatic carbocycles. The number of halogens is 2. The fraction of sp³-hybridized carbons (Fsp3) is 0.709. The van der Waals surface area contributed by atoms with Crippen LogP contribution >= 0.6 is 0 Å². The Kier molecular flexibility index (Phi) is 19.8. The predicted octanol–water partition coefficient (Wildman–Crippen LogP) is 1.82. The van der Waals surface area contributed by atoms with E-state index in [1.165, 1.54) is 38.2 Å². The van der Waals surface area contributed by atoms with Crippen LogP contribution < -0.4 is 0 Å². The zero-order chi connectivity index (χ0) is 56.2. The lowest BCUT2D eigenvalue weighted by Gasteiger charge is -2.49. The lowest BCUT2D eigenvalue weighted by Crippen LogP contribution is -2.64. The van der Waals surface area contributed by atoms with E-state index in [1.54, 1.807) is 23.1 Å². The van der Waals surface area contributed by atoms with Gasteiger partial charge in [0.05, 0.1) is 49.9 Å². The number of hydrogen-bond donors (Lipinski definition) is 8. The molecule has 8 N–H and O–H groups in total. The highest BCUT2D eigenvalue weighted by Gasteiger charge is 2.55. The van der Waals surface area contributed by atoms with Crippen molar-refractivity contribution in [2.45, 2.75) is 195 Å². The largest absolute Gasteiger partial charge is 0.450 e. The molecule has 9 rings (SSSR count). The molecule has 1 amide bonds. The van der Waals surface area contributed by atoms with E-state index in [9.17, 15) is 59.2 Å². The molecule has 5 heterocycles. The van der Waals surface area contributed by atoms with E-state index in [-0.39, 0.29) is 47.2 Å². The van der Waals surface area contributed by atoms with Crippen LogP contribution in [-0.4, -0.2) is 210 Å². The molecule has 4 aliphatic heterocycles. The number of nitrogens with zero attached hydrogens (tertiary/aromatic N) is 4. The van der Waals surface area contributed by atoms with Gasteiger partial charge in [-0.1, -0.05) is 68.9 Å². The highest BCUT2D eigenvalue weighted by molar-refractivity contribution is 5.89. The third-order valence-electron chi connectivity index (χ3n) is 16.7. The number of aliphatic hydroxyl groups is 8. The molecule has 24 heteroatoms. The van der Waals surface area contributed by atoms with Crippen molar-refractivity contribution in [2.24, 2.45) is 17.8 Å². The van der Waals surface area contributed by atoms with Crippen LogP contribution in [0, 0.1) is 36.3 Å². The summed E-state index contributed by atoms with van der Waals surface area (Å²) in [6.07, 6.45) is -16.2. The maximum Gasteiger partial charge on any atom is 0.338 e. The molecule has 2 saturated carbocycles. The van der Waals surface area contributed by atoms with E-state index in [4.69, 9.17) is 37.9 Å². The van der Waals surface area contributed by atoms with Crippen molar-refractivity contribution in [3.63, 3.8) is 0 Å². The molecule has 0 spiro atoms. The minimum Gasteiger partial charge on any atom is -0.450 e. The molecule has 6 aliphatic rings. The number of hydrogen-bond acceptors (Lipinski definition) is 20. The average Bonchev–Trinajstić information content (AvgIpc) is 4.01. The molecule has 438 valence electrons. The van der Waals surface area contributed by atoms with E-state index in [1.807, 2.05) is 6.92 Å². The normalized spacial score (nSPS) is 36.8. The number of likely N-dealkylation sites (tertiary alicyclic amines) is 1. The van der Waals surface area contributed by atoms with E-state index in [0.717, 1.165) is 49.3 Å². The number of ether oxygens (including phenoxy) is 8. The lowest BCUT2D eigenvalue weighted by atomic mass is 9.76. The van der Waals surface area contributed by atoms with Crippen molar-refractivity contribution in [2.75, 3.05) is 32.9 Å². The zero-order valence-corrected chi connectivity index (χ0v) is 44.6. The quantitative estimate of drug-likeness (QED) is 0.0794. The Labute approximate surface area is 456 Å². The van der Waals surface area contributed by atoms with E-state index < -0.39 is 153 Å². The first kappa shape index (κ1) is 59.4. The van der Waals surface area contributed by atoms with Gasteiger partial charge in [0.25, 0.3) is 5.91 Å². The van der Waals surface area contributed by atoms with Crippen LogP contribution in [0.2, 0.25) is 0 Å². The van der Waals surface area contributed by atoms with Crippen LogP contribution in [0.5, 0.6) is 0 Å². The summed E-state index contributed by atoms with van der Waals surface area (Å²) in [5.74, 6) is -4.06. The van der Waals surface area contributed by atoms with E-state index in [2.05, 4.69) is 10.3 Å². The second-order valence-electron chi connectivity index (χ2n) is 22.1. The summed E-state index contributed by atoms with van der Waals surface area (Å²) in [5.41, 5.74) is 0.442. The number of rotatable bonds is 19. The number of carbonyl (C=O) groups excluding carboxylic acids is 2. The Bertz CT molecular complexity index is 2450. The van der Waals surface area contributed by atoms with Crippen LogP contribution in [0.4, 0.5) is 8.78 Å². The molecule has 0 bridgehead atoms. The van der Waals surface area contributed by atoms with Gasteiger partial charge in [0.1, 0.15) is 72.8 Å². The minimum atomic E-state index is -1.72. The van der Waals surface area contributed by atoms with Crippen molar-refractivity contribution in [1.29, 1.82) is 0 Å². The maximum absolute atomic E-state index is 14.4. The molecule has 22 nitrogen and oxygen atoms in total. The summed E-state index contributed by atoms with van der Waals surface area (Å²) >= 11 is 0. The fourth-order valence-electron chi connectivity index (χ4n) is 12.0. The fourth-order valence-corrected chi connectivity index (χ4v) is 12.0. The summed E-state index contributed by atoms with van der Waals surface area (Å²) in [7, 11) is 0. The predicted molar refractivity (Wildman–Crippen MR) is 270 cm³/mol. The molecule has 9 unspecified atom stereocenters. The average molecular weight is 1120 g/mol. The van der Waals surface area contributed by atoms with Crippen molar-refractivity contribution in [3.05, 3.63) is 71.4 Å². The highest BCUT2D eigenvalue weighted by Crippen LogP contribution is 2.42. The summed E-state index contributed by atoms with van der Waals surface area (Å²) in [6, 6.07) is 9.06. The number of aliphatic hydroxyl groups excluding tert-OH is 8.